The standard InChI is InChI=1S/C26H27F2N3O4/c1-16(2)23(29-19-9-6-17(7-10-19)24(32)4-3-5-26(33)34)15-35-25-13-12-22(30-31-25)20-11-8-18(27)14-21(20)28/h6-14,16,23,29H,3-5,15H2,1-2H3,(H,33,34)/t23-/m1/s1. The lowest BCUT2D eigenvalue weighted by atomic mass is 10.0. The van der Waals surface area contributed by atoms with Crippen molar-refractivity contribution in [3.8, 4) is 17.1 Å². The van der Waals surface area contributed by atoms with Crippen molar-refractivity contribution in [1.82, 2.24) is 10.2 Å². The van der Waals surface area contributed by atoms with E-state index in [1.807, 2.05) is 13.8 Å². The molecule has 0 aliphatic carbocycles. The maximum atomic E-state index is 14.0. The molecule has 0 aliphatic heterocycles. The van der Waals surface area contributed by atoms with Crippen molar-refractivity contribution in [2.75, 3.05) is 11.9 Å². The molecule has 9 heteroatoms. The predicted molar refractivity (Wildman–Crippen MR) is 127 cm³/mol. The van der Waals surface area contributed by atoms with Gasteiger partial charge in [0.15, 0.2) is 5.78 Å². The summed E-state index contributed by atoms with van der Waals surface area (Å²) in [5.41, 5.74) is 1.76. The van der Waals surface area contributed by atoms with Gasteiger partial charge in [0.1, 0.15) is 18.2 Å². The maximum absolute atomic E-state index is 14.0. The molecule has 1 heterocycles. The molecule has 3 rings (SSSR count). The minimum absolute atomic E-state index is 0.0301. The molecule has 7 nitrogen and oxygen atoms in total. The minimum atomic E-state index is -0.914. The van der Waals surface area contributed by atoms with Crippen LogP contribution in [0.5, 0.6) is 5.88 Å². The zero-order valence-electron chi connectivity index (χ0n) is 19.5. The molecule has 2 N–H and O–H groups in total. The van der Waals surface area contributed by atoms with Crippen molar-refractivity contribution >= 4 is 17.4 Å². The van der Waals surface area contributed by atoms with Crippen LogP contribution in [-0.4, -0.2) is 39.7 Å². The van der Waals surface area contributed by atoms with Crippen molar-refractivity contribution < 1.29 is 28.2 Å². The second kappa shape index (κ2) is 12.0. The summed E-state index contributed by atoms with van der Waals surface area (Å²) in [6.45, 7) is 4.35. The highest BCUT2D eigenvalue weighted by molar-refractivity contribution is 5.96. The fourth-order valence-electron chi connectivity index (χ4n) is 3.32. The molecule has 0 fully saturated rings. The highest BCUT2D eigenvalue weighted by Crippen LogP contribution is 2.22. The quantitative estimate of drug-likeness (QED) is 0.334. The average molecular weight is 484 g/mol. The third-order valence-corrected chi connectivity index (χ3v) is 5.42. The van der Waals surface area contributed by atoms with Crippen molar-refractivity contribution in [2.45, 2.75) is 39.2 Å². The molecular formula is C26H27F2N3O4. The van der Waals surface area contributed by atoms with Gasteiger partial charge in [0.2, 0.25) is 5.88 Å². The molecule has 0 unspecified atom stereocenters. The number of ketones is 1. The highest BCUT2D eigenvalue weighted by atomic mass is 19.1. The van der Waals surface area contributed by atoms with Gasteiger partial charge in [-0.1, -0.05) is 13.8 Å². The van der Waals surface area contributed by atoms with Crippen LogP contribution in [0.1, 0.15) is 43.5 Å². The van der Waals surface area contributed by atoms with E-state index in [0.29, 0.717) is 12.0 Å². The summed E-state index contributed by atoms with van der Waals surface area (Å²) in [5.74, 6) is -1.92. The number of carboxylic acids is 1. The Morgan fingerprint density at radius 1 is 1.00 bits per heavy atom. The van der Waals surface area contributed by atoms with Gasteiger partial charge in [-0.25, -0.2) is 8.78 Å². The van der Waals surface area contributed by atoms with Gasteiger partial charge in [-0.05, 0) is 54.8 Å². The second-order valence-electron chi connectivity index (χ2n) is 8.43. The first-order valence-corrected chi connectivity index (χ1v) is 11.3. The highest BCUT2D eigenvalue weighted by Gasteiger charge is 2.16. The number of rotatable bonds is 12. The van der Waals surface area contributed by atoms with E-state index in [4.69, 9.17) is 9.84 Å². The third-order valence-electron chi connectivity index (χ3n) is 5.42. The summed E-state index contributed by atoms with van der Waals surface area (Å²) >= 11 is 0. The Balaban J connectivity index is 1.56. The Kier molecular flexibility index (Phi) is 8.83. The minimum Gasteiger partial charge on any atom is -0.481 e. The van der Waals surface area contributed by atoms with Crippen molar-refractivity contribution in [2.24, 2.45) is 5.92 Å². The normalized spacial score (nSPS) is 11.8. The number of halogens is 2. The average Bonchev–Trinajstić information content (AvgIpc) is 2.82. The SMILES string of the molecule is CC(C)[C@@H](COc1ccc(-c2ccc(F)cc2F)nn1)Nc1ccc(C(=O)CCCC(=O)O)cc1. The molecule has 0 spiro atoms. The van der Waals surface area contributed by atoms with Gasteiger partial charge in [-0.15, -0.1) is 10.2 Å². The van der Waals surface area contributed by atoms with Gasteiger partial charge in [-0.2, -0.15) is 0 Å². The number of nitrogens with one attached hydrogen (secondary N) is 1. The number of carbonyl (C=O) groups excluding carboxylic acids is 1. The van der Waals surface area contributed by atoms with E-state index in [9.17, 15) is 18.4 Å². The van der Waals surface area contributed by atoms with Gasteiger partial charge in [0.05, 0.1) is 11.7 Å². The number of anilines is 1. The number of hydrogen-bond acceptors (Lipinski definition) is 6. The Morgan fingerprint density at radius 3 is 2.34 bits per heavy atom. The number of ether oxygens (including phenoxy) is 1. The number of Topliss-reactive ketones (excluding diaryl/α,β-unsaturated/α-hetero) is 1. The Morgan fingerprint density at radius 2 is 1.74 bits per heavy atom. The fraction of sp³-hybridized carbons (Fsp3) is 0.308. The smallest absolute Gasteiger partial charge is 0.303 e. The number of carbonyl (C=O) groups is 2. The summed E-state index contributed by atoms with van der Waals surface area (Å²) < 4.78 is 32.8. The molecule has 0 amide bonds. The lowest BCUT2D eigenvalue weighted by Crippen LogP contribution is -2.32. The molecule has 0 bridgehead atoms. The molecular weight excluding hydrogens is 456 g/mol. The van der Waals surface area contributed by atoms with E-state index in [1.165, 1.54) is 6.07 Å². The molecule has 1 aromatic heterocycles. The zero-order valence-corrected chi connectivity index (χ0v) is 19.5. The first-order valence-electron chi connectivity index (χ1n) is 11.3. The van der Waals surface area contributed by atoms with Crippen LogP contribution in [0.3, 0.4) is 0 Å². The number of aromatic nitrogens is 2. The molecule has 1 atom stereocenters. The van der Waals surface area contributed by atoms with E-state index in [0.717, 1.165) is 17.8 Å². The summed E-state index contributed by atoms with van der Waals surface area (Å²) in [6, 6.07) is 13.3. The van der Waals surface area contributed by atoms with Crippen LogP contribution >= 0.6 is 0 Å². The molecule has 0 saturated heterocycles. The first-order chi connectivity index (χ1) is 16.7. The van der Waals surface area contributed by atoms with Crippen LogP contribution in [0.15, 0.2) is 54.6 Å². The monoisotopic (exact) mass is 483 g/mol. The topological polar surface area (TPSA) is 101 Å². The number of benzene rings is 2. The molecule has 0 saturated carbocycles. The van der Waals surface area contributed by atoms with E-state index < -0.39 is 17.6 Å². The molecule has 0 radical (unpaired) electrons. The lowest BCUT2D eigenvalue weighted by Gasteiger charge is -2.23. The van der Waals surface area contributed by atoms with Crippen LogP contribution in [0, 0.1) is 17.6 Å². The van der Waals surface area contributed by atoms with E-state index >= 15 is 0 Å². The van der Waals surface area contributed by atoms with Gasteiger partial charge in [0, 0.05) is 41.8 Å². The Bertz CT molecular complexity index is 1150. The number of carboxylic acid groups (broad SMARTS) is 1. The van der Waals surface area contributed by atoms with Gasteiger partial charge in [0.25, 0.3) is 0 Å². The summed E-state index contributed by atoms with van der Waals surface area (Å²) in [4.78, 5) is 22.8. The second-order valence-corrected chi connectivity index (χ2v) is 8.43. The molecule has 35 heavy (non-hydrogen) atoms. The Hall–Kier alpha value is -3.88. The van der Waals surface area contributed by atoms with E-state index in [1.54, 1.807) is 36.4 Å². The zero-order chi connectivity index (χ0) is 25.4. The van der Waals surface area contributed by atoms with Crippen molar-refractivity contribution in [1.29, 1.82) is 0 Å². The van der Waals surface area contributed by atoms with Crippen LogP contribution in [0.4, 0.5) is 14.5 Å². The van der Waals surface area contributed by atoms with E-state index in [2.05, 4.69) is 15.5 Å². The van der Waals surface area contributed by atoms with Crippen molar-refractivity contribution in [3.63, 3.8) is 0 Å². The Labute approximate surface area is 202 Å². The number of aliphatic carboxylic acids is 1. The third kappa shape index (κ3) is 7.56. The molecule has 184 valence electrons. The lowest BCUT2D eigenvalue weighted by molar-refractivity contribution is -0.137. The van der Waals surface area contributed by atoms with Crippen LogP contribution in [0.25, 0.3) is 11.3 Å². The van der Waals surface area contributed by atoms with Crippen molar-refractivity contribution in [3.05, 3.63) is 71.8 Å². The number of hydrogen-bond donors (Lipinski definition) is 2. The molecule has 2 aromatic carbocycles. The van der Waals surface area contributed by atoms with Crippen LogP contribution in [0.2, 0.25) is 0 Å². The largest absolute Gasteiger partial charge is 0.481 e. The summed E-state index contributed by atoms with van der Waals surface area (Å²) in [5, 5.41) is 20.0. The maximum Gasteiger partial charge on any atom is 0.303 e. The van der Waals surface area contributed by atoms with Crippen LogP contribution in [-0.2, 0) is 4.79 Å². The van der Waals surface area contributed by atoms with Gasteiger partial charge >= 0.3 is 5.97 Å². The summed E-state index contributed by atoms with van der Waals surface area (Å²) in [7, 11) is 0. The van der Waals surface area contributed by atoms with Crippen LogP contribution < -0.4 is 10.1 Å². The molecule has 3 aromatic rings. The van der Waals surface area contributed by atoms with Gasteiger partial charge < -0.3 is 15.2 Å². The number of nitrogens with zero attached hydrogens (tertiary/aromatic N) is 2. The fourth-order valence-corrected chi connectivity index (χ4v) is 3.32. The van der Waals surface area contributed by atoms with E-state index in [-0.39, 0.29) is 54.3 Å². The predicted octanol–water partition coefficient (Wildman–Crippen LogP) is 5.37. The molecule has 0 aliphatic rings. The first kappa shape index (κ1) is 25.7. The summed E-state index contributed by atoms with van der Waals surface area (Å²) in [6.07, 6.45) is 0.469. The van der Waals surface area contributed by atoms with Gasteiger partial charge in [-0.3, -0.25) is 9.59 Å².